The third kappa shape index (κ3) is 4.61. The predicted octanol–water partition coefficient (Wildman–Crippen LogP) is 0.727. The molecule has 0 aromatic carbocycles. The van der Waals surface area contributed by atoms with Crippen molar-refractivity contribution in [3.05, 3.63) is 22.4 Å². The van der Waals surface area contributed by atoms with Gasteiger partial charge in [0.2, 0.25) is 0 Å². The molecule has 1 rings (SSSR count). The van der Waals surface area contributed by atoms with Gasteiger partial charge < -0.3 is 20.5 Å². The smallest absolute Gasteiger partial charge is 0.314 e. The SMILES string of the molecule is COCCNC(=O)NCC(O)c1cccs1. The van der Waals surface area contributed by atoms with E-state index in [1.807, 2.05) is 17.5 Å². The van der Waals surface area contributed by atoms with Crippen LogP contribution in [-0.4, -0.2) is 37.9 Å². The summed E-state index contributed by atoms with van der Waals surface area (Å²) in [6.07, 6.45) is -0.645. The Hall–Kier alpha value is -1.11. The molecule has 0 saturated heterocycles. The molecule has 0 aliphatic carbocycles. The van der Waals surface area contributed by atoms with Crippen LogP contribution < -0.4 is 10.6 Å². The monoisotopic (exact) mass is 244 g/mol. The lowest BCUT2D eigenvalue weighted by Crippen LogP contribution is -2.39. The van der Waals surface area contributed by atoms with Crippen molar-refractivity contribution in [2.24, 2.45) is 0 Å². The van der Waals surface area contributed by atoms with E-state index in [2.05, 4.69) is 10.6 Å². The Morgan fingerprint density at radius 2 is 2.44 bits per heavy atom. The lowest BCUT2D eigenvalue weighted by Gasteiger charge is -2.10. The quantitative estimate of drug-likeness (QED) is 0.646. The van der Waals surface area contributed by atoms with Crippen molar-refractivity contribution in [2.75, 3.05) is 26.8 Å². The van der Waals surface area contributed by atoms with E-state index in [1.54, 1.807) is 7.11 Å². The fraction of sp³-hybridized carbons (Fsp3) is 0.500. The average molecular weight is 244 g/mol. The minimum absolute atomic E-state index is 0.208. The van der Waals surface area contributed by atoms with Gasteiger partial charge >= 0.3 is 6.03 Å². The normalized spacial score (nSPS) is 12.1. The van der Waals surface area contributed by atoms with Crippen molar-refractivity contribution in [1.82, 2.24) is 10.6 Å². The minimum atomic E-state index is -0.645. The van der Waals surface area contributed by atoms with Gasteiger partial charge in [0.25, 0.3) is 0 Å². The van der Waals surface area contributed by atoms with Crippen LogP contribution in [0, 0.1) is 0 Å². The largest absolute Gasteiger partial charge is 0.386 e. The Bertz CT molecular complexity index is 303. The average Bonchev–Trinajstić information content (AvgIpc) is 2.79. The van der Waals surface area contributed by atoms with Gasteiger partial charge in [0.05, 0.1) is 13.2 Å². The zero-order chi connectivity index (χ0) is 11.8. The third-order valence-electron chi connectivity index (χ3n) is 1.92. The van der Waals surface area contributed by atoms with Crippen molar-refractivity contribution in [1.29, 1.82) is 0 Å². The number of carbonyl (C=O) groups is 1. The molecular weight excluding hydrogens is 228 g/mol. The molecule has 16 heavy (non-hydrogen) atoms. The third-order valence-corrected chi connectivity index (χ3v) is 2.89. The molecular formula is C10H16N2O3S. The van der Waals surface area contributed by atoms with E-state index in [0.717, 1.165) is 4.88 Å². The fourth-order valence-electron chi connectivity index (χ4n) is 1.10. The molecule has 1 unspecified atom stereocenters. The summed E-state index contributed by atoms with van der Waals surface area (Å²) in [5.74, 6) is 0. The van der Waals surface area contributed by atoms with Crippen molar-refractivity contribution >= 4 is 17.4 Å². The van der Waals surface area contributed by atoms with Gasteiger partial charge in [0.15, 0.2) is 0 Å². The second-order valence-electron chi connectivity index (χ2n) is 3.16. The van der Waals surface area contributed by atoms with E-state index in [1.165, 1.54) is 11.3 Å². The van der Waals surface area contributed by atoms with Crippen LogP contribution >= 0.6 is 11.3 Å². The number of hydrogen-bond acceptors (Lipinski definition) is 4. The van der Waals surface area contributed by atoms with E-state index >= 15 is 0 Å². The van der Waals surface area contributed by atoms with Gasteiger partial charge in [-0.05, 0) is 11.4 Å². The molecule has 0 radical (unpaired) electrons. The first-order chi connectivity index (χ1) is 7.74. The summed E-state index contributed by atoms with van der Waals surface area (Å²) in [7, 11) is 1.57. The van der Waals surface area contributed by atoms with Crippen LogP contribution in [0.25, 0.3) is 0 Å². The Morgan fingerprint density at radius 3 is 3.06 bits per heavy atom. The molecule has 90 valence electrons. The molecule has 6 heteroatoms. The summed E-state index contributed by atoms with van der Waals surface area (Å²) in [4.78, 5) is 12.1. The number of carbonyl (C=O) groups excluding carboxylic acids is 1. The second kappa shape index (κ2) is 7.21. The number of amides is 2. The molecule has 2 amide bonds. The van der Waals surface area contributed by atoms with E-state index in [9.17, 15) is 9.90 Å². The van der Waals surface area contributed by atoms with Gasteiger partial charge in [-0.25, -0.2) is 4.79 Å². The number of aliphatic hydroxyl groups is 1. The summed E-state index contributed by atoms with van der Waals surface area (Å²) in [6, 6.07) is 3.40. The molecule has 0 saturated carbocycles. The molecule has 1 aromatic rings. The standard InChI is InChI=1S/C10H16N2O3S/c1-15-5-4-11-10(14)12-7-8(13)9-3-2-6-16-9/h2-3,6,8,13H,4-5,7H2,1H3,(H2,11,12,14). The zero-order valence-corrected chi connectivity index (χ0v) is 9.92. The van der Waals surface area contributed by atoms with Gasteiger partial charge in [-0.1, -0.05) is 6.07 Å². The van der Waals surface area contributed by atoms with E-state index in [4.69, 9.17) is 4.74 Å². The summed E-state index contributed by atoms with van der Waals surface area (Å²) in [6.45, 7) is 1.14. The minimum Gasteiger partial charge on any atom is -0.386 e. The van der Waals surface area contributed by atoms with Crippen LogP contribution in [0.3, 0.4) is 0 Å². The predicted molar refractivity (Wildman–Crippen MR) is 62.6 cm³/mol. The molecule has 0 aliphatic heterocycles. The lowest BCUT2D eigenvalue weighted by molar-refractivity contribution is 0.173. The molecule has 1 aromatic heterocycles. The van der Waals surface area contributed by atoms with Crippen LogP contribution in [-0.2, 0) is 4.74 Å². The van der Waals surface area contributed by atoms with Gasteiger partial charge in [0, 0.05) is 18.5 Å². The first-order valence-corrected chi connectivity index (χ1v) is 5.84. The van der Waals surface area contributed by atoms with Crippen LogP contribution in [0.1, 0.15) is 11.0 Å². The second-order valence-corrected chi connectivity index (χ2v) is 4.14. The van der Waals surface area contributed by atoms with Crippen LogP contribution in [0.2, 0.25) is 0 Å². The molecule has 0 fully saturated rings. The van der Waals surface area contributed by atoms with Gasteiger partial charge in [0.1, 0.15) is 6.10 Å². The first-order valence-electron chi connectivity index (χ1n) is 4.96. The number of rotatable bonds is 6. The highest BCUT2D eigenvalue weighted by Gasteiger charge is 2.09. The number of thiophene rings is 1. The Kier molecular flexibility index (Phi) is 5.84. The number of aliphatic hydroxyl groups excluding tert-OH is 1. The molecule has 0 spiro atoms. The number of nitrogens with one attached hydrogen (secondary N) is 2. The van der Waals surface area contributed by atoms with E-state index in [-0.39, 0.29) is 12.6 Å². The molecule has 5 nitrogen and oxygen atoms in total. The molecule has 3 N–H and O–H groups in total. The summed E-state index contributed by atoms with van der Waals surface area (Å²) >= 11 is 1.46. The van der Waals surface area contributed by atoms with E-state index < -0.39 is 6.10 Å². The maximum atomic E-state index is 11.2. The van der Waals surface area contributed by atoms with Crippen molar-refractivity contribution in [3.63, 3.8) is 0 Å². The highest BCUT2D eigenvalue weighted by molar-refractivity contribution is 7.10. The summed E-state index contributed by atoms with van der Waals surface area (Å²) in [5, 5.41) is 16.7. The van der Waals surface area contributed by atoms with Crippen molar-refractivity contribution in [2.45, 2.75) is 6.10 Å². The molecule has 0 aliphatic rings. The highest BCUT2D eigenvalue weighted by Crippen LogP contribution is 2.17. The van der Waals surface area contributed by atoms with Crippen LogP contribution in [0.4, 0.5) is 4.79 Å². The Morgan fingerprint density at radius 1 is 1.62 bits per heavy atom. The number of ether oxygens (including phenoxy) is 1. The maximum absolute atomic E-state index is 11.2. The van der Waals surface area contributed by atoms with Gasteiger partial charge in [-0.3, -0.25) is 0 Å². The maximum Gasteiger partial charge on any atom is 0.314 e. The molecule has 1 heterocycles. The number of methoxy groups -OCH3 is 1. The highest BCUT2D eigenvalue weighted by atomic mass is 32.1. The fourth-order valence-corrected chi connectivity index (χ4v) is 1.81. The van der Waals surface area contributed by atoms with Gasteiger partial charge in [-0.2, -0.15) is 0 Å². The molecule has 0 bridgehead atoms. The van der Waals surface area contributed by atoms with Crippen LogP contribution in [0.15, 0.2) is 17.5 Å². The van der Waals surface area contributed by atoms with Crippen molar-refractivity contribution < 1.29 is 14.6 Å². The topological polar surface area (TPSA) is 70.6 Å². The van der Waals surface area contributed by atoms with Gasteiger partial charge in [-0.15, -0.1) is 11.3 Å². The molecule has 1 atom stereocenters. The Labute approximate surface area is 98.4 Å². The lowest BCUT2D eigenvalue weighted by atomic mass is 10.3. The summed E-state index contributed by atoms with van der Waals surface area (Å²) in [5.41, 5.74) is 0. The van der Waals surface area contributed by atoms with E-state index in [0.29, 0.717) is 13.2 Å². The summed E-state index contributed by atoms with van der Waals surface area (Å²) < 4.78 is 4.79. The number of hydrogen-bond donors (Lipinski definition) is 3. The van der Waals surface area contributed by atoms with Crippen LogP contribution in [0.5, 0.6) is 0 Å². The van der Waals surface area contributed by atoms with Crippen molar-refractivity contribution in [3.8, 4) is 0 Å². The Balaban J connectivity index is 2.16. The first kappa shape index (κ1) is 13.0. The number of urea groups is 1. The zero-order valence-electron chi connectivity index (χ0n) is 9.10.